The minimum absolute atomic E-state index is 0.0215. The number of hydrogen-bond acceptors (Lipinski definition) is 4. The van der Waals surface area contributed by atoms with Crippen molar-refractivity contribution < 1.29 is 14.3 Å². The van der Waals surface area contributed by atoms with E-state index in [1.165, 1.54) is 0 Å². The van der Waals surface area contributed by atoms with Crippen molar-refractivity contribution in [2.75, 3.05) is 31.1 Å². The van der Waals surface area contributed by atoms with Crippen molar-refractivity contribution in [1.29, 1.82) is 0 Å². The highest BCUT2D eigenvalue weighted by Crippen LogP contribution is 2.32. The summed E-state index contributed by atoms with van der Waals surface area (Å²) in [5.74, 6) is -0.0215. The predicted molar refractivity (Wildman–Crippen MR) is 106 cm³/mol. The SMILES string of the molecule is CC(=O)n1cc(N2CCN(C(=O)OC(C)(C)C)CC2)c2ccc(Br)cc21. The molecule has 0 saturated carbocycles. The third-order valence-electron chi connectivity index (χ3n) is 4.36. The fraction of sp³-hybridized carbons (Fsp3) is 0.474. The van der Waals surface area contributed by atoms with Crippen molar-refractivity contribution in [3.8, 4) is 0 Å². The molecule has 0 atom stereocenters. The molecule has 1 fully saturated rings. The second-order valence-corrected chi connectivity index (χ2v) is 8.43. The number of amides is 1. The zero-order chi connectivity index (χ0) is 19.1. The molecular formula is C19H24BrN3O3. The second kappa shape index (κ2) is 6.95. The molecule has 0 aliphatic carbocycles. The first-order chi connectivity index (χ1) is 12.2. The van der Waals surface area contributed by atoms with Crippen LogP contribution in [-0.4, -0.2) is 53.2 Å². The topological polar surface area (TPSA) is 54.8 Å². The molecule has 1 aromatic carbocycles. The quantitative estimate of drug-likeness (QED) is 0.694. The fourth-order valence-electron chi connectivity index (χ4n) is 3.15. The molecule has 1 aromatic heterocycles. The Morgan fingerprint density at radius 1 is 1.12 bits per heavy atom. The van der Waals surface area contributed by atoms with Crippen LogP contribution in [-0.2, 0) is 4.74 Å². The van der Waals surface area contributed by atoms with E-state index in [0.29, 0.717) is 26.2 Å². The van der Waals surface area contributed by atoms with Crippen LogP contribution in [0, 0.1) is 0 Å². The molecule has 0 N–H and O–H groups in total. The van der Waals surface area contributed by atoms with Crippen molar-refractivity contribution in [3.63, 3.8) is 0 Å². The minimum atomic E-state index is -0.490. The maximum Gasteiger partial charge on any atom is 0.410 e. The van der Waals surface area contributed by atoms with Gasteiger partial charge in [0.25, 0.3) is 0 Å². The van der Waals surface area contributed by atoms with Gasteiger partial charge in [-0.25, -0.2) is 4.79 Å². The van der Waals surface area contributed by atoms with Gasteiger partial charge < -0.3 is 14.5 Å². The highest BCUT2D eigenvalue weighted by molar-refractivity contribution is 9.10. The monoisotopic (exact) mass is 421 g/mol. The largest absolute Gasteiger partial charge is 0.444 e. The molecule has 2 heterocycles. The number of aromatic nitrogens is 1. The van der Waals surface area contributed by atoms with E-state index in [-0.39, 0.29) is 12.0 Å². The van der Waals surface area contributed by atoms with Crippen LogP contribution >= 0.6 is 15.9 Å². The Morgan fingerprint density at radius 2 is 1.77 bits per heavy atom. The lowest BCUT2D eigenvalue weighted by Gasteiger charge is -2.36. The standard InChI is InChI=1S/C19H24BrN3O3/c1-13(24)23-12-17(15-6-5-14(20)11-16(15)23)21-7-9-22(10-8-21)18(25)26-19(2,3)4/h5-6,11-12H,7-10H2,1-4H3. The third-order valence-corrected chi connectivity index (χ3v) is 4.85. The van der Waals surface area contributed by atoms with Crippen molar-refractivity contribution in [1.82, 2.24) is 9.47 Å². The van der Waals surface area contributed by atoms with Gasteiger partial charge in [0.15, 0.2) is 0 Å². The number of halogens is 1. The zero-order valence-electron chi connectivity index (χ0n) is 15.6. The number of nitrogens with zero attached hydrogens (tertiary/aromatic N) is 3. The van der Waals surface area contributed by atoms with Gasteiger partial charge in [0, 0.05) is 49.2 Å². The van der Waals surface area contributed by atoms with Crippen LogP contribution in [0.1, 0.15) is 32.5 Å². The highest BCUT2D eigenvalue weighted by Gasteiger charge is 2.27. The molecular weight excluding hydrogens is 398 g/mol. The van der Waals surface area contributed by atoms with Crippen LogP contribution in [0.3, 0.4) is 0 Å². The van der Waals surface area contributed by atoms with Gasteiger partial charge in [0.05, 0.1) is 11.2 Å². The van der Waals surface area contributed by atoms with E-state index in [0.717, 1.165) is 21.1 Å². The number of hydrogen-bond donors (Lipinski definition) is 0. The number of ether oxygens (including phenoxy) is 1. The summed E-state index contributed by atoms with van der Waals surface area (Å²) in [4.78, 5) is 28.2. The zero-order valence-corrected chi connectivity index (χ0v) is 17.2. The first kappa shape index (κ1) is 18.8. The van der Waals surface area contributed by atoms with Crippen molar-refractivity contribution >= 4 is 44.5 Å². The summed E-state index contributed by atoms with van der Waals surface area (Å²) < 4.78 is 8.06. The molecule has 3 rings (SSSR count). The Morgan fingerprint density at radius 3 is 2.35 bits per heavy atom. The van der Waals surface area contributed by atoms with Crippen LogP contribution in [0.2, 0.25) is 0 Å². The van der Waals surface area contributed by atoms with Crippen LogP contribution in [0.25, 0.3) is 10.9 Å². The van der Waals surface area contributed by atoms with Gasteiger partial charge in [-0.1, -0.05) is 15.9 Å². The van der Waals surface area contributed by atoms with E-state index in [1.807, 2.05) is 45.2 Å². The molecule has 6 nitrogen and oxygen atoms in total. The van der Waals surface area contributed by atoms with Crippen LogP contribution in [0.15, 0.2) is 28.9 Å². The van der Waals surface area contributed by atoms with Gasteiger partial charge in [-0.05, 0) is 39.0 Å². The Kier molecular flexibility index (Phi) is 5.01. The molecule has 1 amide bonds. The Labute approximate surface area is 161 Å². The lowest BCUT2D eigenvalue weighted by Crippen LogP contribution is -2.50. The van der Waals surface area contributed by atoms with E-state index >= 15 is 0 Å². The van der Waals surface area contributed by atoms with Crippen LogP contribution in [0.5, 0.6) is 0 Å². The summed E-state index contributed by atoms with van der Waals surface area (Å²) in [5.41, 5.74) is 1.42. The maximum absolute atomic E-state index is 12.2. The van der Waals surface area contributed by atoms with Crippen LogP contribution < -0.4 is 4.90 Å². The van der Waals surface area contributed by atoms with E-state index in [9.17, 15) is 9.59 Å². The van der Waals surface area contributed by atoms with Crippen molar-refractivity contribution in [2.24, 2.45) is 0 Å². The summed E-state index contributed by atoms with van der Waals surface area (Å²) in [6, 6.07) is 5.96. The Bertz CT molecular complexity index is 846. The first-order valence-electron chi connectivity index (χ1n) is 8.70. The van der Waals surface area contributed by atoms with Crippen LogP contribution in [0.4, 0.5) is 10.5 Å². The average molecular weight is 422 g/mol. The molecule has 0 spiro atoms. The Balaban J connectivity index is 1.80. The molecule has 140 valence electrons. The fourth-order valence-corrected chi connectivity index (χ4v) is 3.50. The predicted octanol–water partition coefficient (Wildman–Crippen LogP) is 4.12. The molecule has 0 unspecified atom stereocenters. The first-order valence-corrected chi connectivity index (χ1v) is 9.49. The second-order valence-electron chi connectivity index (χ2n) is 7.52. The number of carbonyl (C=O) groups excluding carboxylic acids is 2. The minimum Gasteiger partial charge on any atom is -0.444 e. The number of anilines is 1. The smallest absolute Gasteiger partial charge is 0.410 e. The average Bonchev–Trinajstić information content (AvgIpc) is 2.92. The molecule has 1 saturated heterocycles. The Hall–Kier alpha value is -2.02. The van der Waals surface area contributed by atoms with E-state index in [4.69, 9.17) is 4.74 Å². The summed E-state index contributed by atoms with van der Waals surface area (Å²) in [6.45, 7) is 9.77. The molecule has 0 bridgehead atoms. The van der Waals surface area contributed by atoms with Crippen molar-refractivity contribution in [3.05, 3.63) is 28.9 Å². The van der Waals surface area contributed by atoms with E-state index < -0.39 is 5.60 Å². The highest BCUT2D eigenvalue weighted by atomic mass is 79.9. The van der Waals surface area contributed by atoms with Gasteiger partial charge in [-0.2, -0.15) is 0 Å². The normalized spacial score (nSPS) is 15.4. The summed E-state index contributed by atoms with van der Waals surface area (Å²) in [5, 5.41) is 1.04. The number of benzene rings is 1. The maximum atomic E-state index is 12.2. The number of piperazine rings is 1. The van der Waals surface area contributed by atoms with Gasteiger partial charge >= 0.3 is 6.09 Å². The van der Waals surface area contributed by atoms with E-state index in [1.54, 1.807) is 16.4 Å². The summed E-state index contributed by atoms with van der Waals surface area (Å²) >= 11 is 3.47. The lowest BCUT2D eigenvalue weighted by molar-refractivity contribution is 0.0240. The van der Waals surface area contributed by atoms with Gasteiger partial charge in [-0.15, -0.1) is 0 Å². The summed E-state index contributed by atoms with van der Waals surface area (Å²) in [7, 11) is 0. The molecule has 26 heavy (non-hydrogen) atoms. The molecule has 0 radical (unpaired) electrons. The van der Waals surface area contributed by atoms with Gasteiger partial charge in [0.1, 0.15) is 5.60 Å². The lowest BCUT2D eigenvalue weighted by atomic mass is 10.2. The van der Waals surface area contributed by atoms with Gasteiger partial charge in [0.2, 0.25) is 5.91 Å². The van der Waals surface area contributed by atoms with Crippen molar-refractivity contribution in [2.45, 2.75) is 33.3 Å². The third kappa shape index (κ3) is 3.87. The van der Waals surface area contributed by atoms with E-state index in [2.05, 4.69) is 20.8 Å². The van der Waals surface area contributed by atoms with Gasteiger partial charge in [-0.3, -0.25) is 9.36 Å². The molecule has 2 aromatic rings. The molecule has 1 aliphatic heterocycles. The summed E-state index contributed by atoms with van der Waals surface area (Å²) in [6.07, 6.45) is 1.62. The number of fused-ring (bicyclic) bond motifs is 1. The molecule has 1 aliphatic rings. The number of carbonyl (C=O) groups is 2. The number of rotatable bonds is 1. The molecule has 7 heteroatoms.